The third kappa shape index (κ3) is 3.52. The molecule has 0 unspecified atom stereocenters. The number of rotatable bonds is 5. The second-order valence-electron chi connectivity index (χ2n) is 6.30. The first-order valence-electron chi connectivity index (χ1n) is 8.71. The van der Waals surface area contributed by atoms with Crippen LogP contribution in [0.3, 0.4) is 0 Å². The van der Waals surface area contributed by atoms with Gasteiger partial charge in [0.1, 0.15) is 5.70 Å². The molecule has 4 rings (SSSR count). The summed E-state index contributed by atoms with van der Waals surface area (Å²) < 4.78 is 0. The van der Waals surface area contributed by atoms with Crippen molar-refractivity contribution in [3.8, 4) is 0 Å². The van der Waals surface area contributed by atoms with Gasteiger partial charge in [-0.25, -0.2) is 0 Å². The lowest BCUT2D eigenvalue weighted by Gasteiger charge is -2.15. The molecule has 0 saturated carbocycles. The Labute approximate surface area is 167 Å². The second-order valence-corrected chi connectivity index (χ2v) is 6.74. The third-order valence-electron chi connectivity index (χ3n) is 4.43. The van der Waals surface area contributed by atoms with Crippen molar-refractivity contribution in [2.45, 2.75) is 6.54 Å². The van der Waals surface area contributed by atoms with Gasteiger partial charge < -0.3 is 5.32 Å². The molecule has 0 saturated heterocycles. The lowest BCUT2D eigenvalue weighted by atomic mass is 10.0. The van der Waals surface area contributed by atoms with Crippen molar-refractivity contribution < 1.29 is 9.59 Å². The van der Waals surface area contributed by atoms with Gasteiger partial charge in [-0.15, -0.1) is 0 Å². The Morgan fingerprint density at radius 3 is 2.21 bits per heavy atom. The Bertz CT molecular complexity index is 1050. The number of halogens is 1. The first-order chi connectivity index (χ1) is 13.6. The monoisotopic (exact) mass is 389 g/mol. The molecule has 5 nitrogen and oxygen atoms in total. The van der Waals surface area contributed by atoms with Gasteiger partial charge in [-0.05, 0) is 47.5 Å². The Kier molecular flexibility index (Phi) is 4.91. The fourth-order valence-corrected chi connectivity index (χ4v) is 3.18. The molecule has 0 spiro atoms. The minimum Gasteiger partial charge on any atom is -0.350 e. The topological polar surface area (TPSA) is 62.3 Å². The minimum atomic E-state index is -0.365. The zero-order valence-electron chi connectivity index (χ0n) is 14.8. The average Bonchev–Trinajstić information content (AvgIpc) is 2.95. The van der Waals surface area contributed by atoms with E-state index in [2.05, 4.69) is 10.3 Å². The molecule has 2 amide bonds. The maximum Gasteiger partial charge on any atom is 0.278 e. The van der Waals surface area contributed by atoms with Gasteiger partial charge in [-0.1, -0.05) is 41.9 Å². The highest BCUT2D eigenvalue weighted by Crippen LogP contribution is 2.32. The molecule has 2 aromatic carbocycles. The average molecular weight is 390 g/mol. The first kappa shape index (κ1) is 17.9. The Hall–Kier alpha value is -3.44. The zero-order valence-corrected chi connectivity index (χ0v) is 15.6. The van der Waals surface area contributed by atoms with Gasteiger partial charge in [0, 0.05) is 23.1 Å². The van der Waals surface area contributed by atoms with E-state index in [0.29, 0.717) is 16.2 Å². The zero-order chi connectivity index (χ0) is 19.5. The molecule has 1 aliphatic rings. The molecule has 1 N–H and O–H groups in total. The third-order valence-corrected chi connectivity index (χ3v) is 4.69. The number of nitrogens with one attached hydrogen (secondary N) is 1. The summed E-state index contributed by atoms with van der Waals surface area (Å²) in [7, 11) is 0. The molecule has 0 atom stereocenters. The van der Waals surface area contributed by atoms with E-state index in [-0.39, 0.29) is 24.1 Å². The van der Waals surface area contributed by atoms with Crippen LogP contribution in [-0.2, 0) is 16.1 Å². The number of nitrogens with zero attached hydrogens (tertiary/aromatic N) is 2. The molecule has 28 heavy (non-hydrogen) atoms. The number of carbonyl (C=O) groups excluding carboxylic acids is 2. The molecule has 0 aliphatic carbocycles. The lowest BCUT2D eigenvalue weighted by molar-refractivity contribution is -0.137. The molecule has 0 bridgehead atoms. The van der Waals surface area contributed by atoms with Crippen LogP contribution in [0.2, 0.25) is 5.02 Å². The molecule has 0 radical (unpaired) electrons. The van der Waals surface area contributed by atoms with Gasteiger partial charge in [0.05, 0.1) is 12.1 Å². The standard InChI is InChI=1S/C22H16ClN3O2/c23-17-8-6-16(7-9-17)19-20(25-18-4-2-1-3-5-18)22(28)26(21(19)27)14-15-10-12-24-13-11-15/h1-13,25H,14H2. The van der Waals surface area contributed by atoms with Gasteiger partial charge in [0.2, 0.25) is 0 Å². The van der Waals surface area contributed by atoms with Gasteiger partial charge in [-0.2, -0.15) is 0 Å². The maximum atomic E-state index is 13.2. The van der Waals surface area contributed by atoms with Crippen molar-refractivity contribution in [1.29, 1.82) is 0 Å². The quantitative estimate of drug-likeness (QED) is 0.666. The predicted molar refractivity (Wildman–Crippen MR) is 108 cm³/mol. The maximum absolute atomic E-state index is 13.2. The van der Waals surface area contributed by atoms with Crippen molar-refractivity contribution >= 4 is 34.7 Å². The number of pyridine rings is 1. The normalized spacial score (nSPS) is 14.0. The van der Waals surface area contributed by atoms with E-state index in [0.717, 1.165) is 11.3 Å². The van der Waals surface area contributed by atoms with E-state index in [9.17, 15) is 9.59 Å². The first-order valence-corrected chi connectivity index (χ1v) is 9.08. The Morgan fingerprint density at radius 1 is 0.857 bits per heavy atom. The van der Waals surface area contributed by atoms with Crippen LogP contribution in [0.25, 0.3) is 5.57 Å². The van der Waals surface area contributed by atoms with Crippen LogP contribution >= 0.6 is 11.6 Å². The number of carbonyl (C=O) groups is 2. The van der Waals surface area contributed by atoms with Crippen molar-refractivity contribution in [3.05, 3.63) is 101 Å². The molecule has 1 aromatic heterocycles. The number of hydrogen-bond acceptors (Lipinski definition) is 4. The number of benzene rings is 2. The SMILES string of the molecule is O=C1C(Nc2ccccc2)=C(c2ccc(Cl)cc2)C(=O)N1Cc1ccncc1. The van der Waals surface area contributed by atoms with Gasteiger partial charge in [0.25, 0.3) is 11.8 Å². The summed E-state index contributed by atoms with van der Waals surface area (Å²) in [6.45, 7) is 0.178. The smallest absolute Gasteiger partial charge is 0.278 e. The van der Waals surface area contributed by atoms with Crippen molar-refractivity contribution in [1.82, 2.24) is 9.88 Å². The Morgan fingerprint density at radius 2 is 1.54 bits per heavy atom. The molecule has 138 valence electrons. The second kappa shape index (κ2) is 7.66. The number of anilines is 1. The molecule has 0 fully saturated rings. The Balaban J connectivity index is 1.74. The van der Waals surface area contributed by atoms with Crippen LogP contribution in [0.1, 0.15) is 11.1 Å². The lowest BCUT2D eigenvalue weighted by Crippen LogP contribution is -2.32. The summed E-state index contributed by atoms with van der Waals surface area (Å²) in [6, 6.07) is 19.7. The summed E-state index contributed by atoms with van der Waals surface area (Å²) in [5, 5.41) is 3.68. The molecular formula is C22H16ClN3O2. The van der Waals surface area contributed by atoms with Crippen LogP contribution in [0.15, 0.2) is 84.8 Å². The van der Waals surface area contributed by atoms with E-state index in [1.807, 2.05) is 30.3 Å². The van der Waals surface area contributed by atoms with E-state index >= 15 is 0 Å². The van der Waals surface area contributed by atoms with E-state index < -0.39 is 0 Å². The molecule has 1 aliphatic heterocycles. The van der Waals surface area contributed by atoms with Crippen LogP contribution < -0.4 is 5.32 Å². The van der Waals surface area contributed by atoms with Crippen LogP contribution in [0.5, 0.6) is 0 Å². The van der Waals surface area contributed by atoms with Crippen LogP contribution in [0.4, 0.5) is 5.69 Å². The number of hydrogen-bond donors (Lipinski definition) is 1. The fraction of sp³-hybridized carbons (Fsp3) is 0.0455. The van der Waals surface area contributed by atoms with Gasteiger partial charge >= 0.3 is 0 Å². The van der Waals surface area contributed by atoms with E-state index in [1.54, 1.807) is 48.8 Å². The molecule has 3 aromatic rings. The highest BCUT2D eigenvalue weighted by Gasteiger charge is 2.39. The fourth-order valence-electron chi connectivity index (χ4n) is 3.06. The summed E-state index contributed by atoms with van der Waals surface area (Å²) in [6.07, 6.45) is 3.27. The number of imide groups is 1. The summed E-state index contributed by atoms with van der Waals surface area (Å²) in [5.41, 5.74) is 2.79. The van der Waals surface area contributed by atoms with Crippen LogP contribution in [0, 0.1) is 0 Å². The van der Waals surface area contributed by atoms with Crippen molar-refractivity contribution in [3.63, 3.8) is 0 Å². The van der Waals surface area contributed by atoms with E-state index in [4.69, 9.17) is 11.6 Å². The highest BCUT2D eigenvalue weighted by atomic mass is 35.5. The minimum absolute atomic E-state index is 0.178. The number of amides is 2. The summed E-state index contributed by atoms with van der Waals surface area (Å²) in [4.78, 5) is 31.5. The molecule has 6 heteroatoms. The number of aromatic nitrogens is 1. The summed E-state index contributed by atoms with van der Waals surface area (Å²) in [5.74, 6) is -0.710. The molecule has 2 heterocycles. The summed E-state index contributed by atoms with van der Waals surface area (Å²) >= 11 is 5.99. The molecular weight excluding hydrogens is 374 g/mol. The van der Waals surface area contributed by atoms with Gasteiger partial charge in [-0.3, -0.25) is 19.5 Å². The highest BCUT2D eigenvalue weighted by molar-refractivity contribution is 6.36. The predicted octanol–water partition coefficient (Wildman–Crippen LogP) is 4.13. The van der Waals surface area contributed by atoms with Crippen molar-refractivity contribution in [2.75, 3.05) is 5.32 Å². The number of para-hydroxylation sites is 1. The van der Waals surface area contributed by atoms with Crippen molar-refractivity contribution in [2.24, 2.45) is 0 Å². The largest absolute Gasteiger partial charge is 0.350 e. The van der Waals surface area contributed by atoms with E-state index in [1.165, 1.54) is 4.90 Å². The van der Waals surface area contributed by atoms with Crippen LogP contribution in [-0.4, -0.2) is 21.7 Å². The van der Waals surface area contributed by atoms with Gasteiger partial charge in [0.15, 0.2) is 0 Å².